The molecule has 1 amide bonds. The molecular weight excluding hydrogens is 372 g/mol. The van der Waals surface area contributed by atoms with Crippen molar-refractivity contribution in [3.05, 3.63) is 59.0 Å². The number of para-hydroxylation sites is 1. The van der Waals surface area contributed by atoms with Gasteiger partial charge in [-0.15, -0.1) is 0 Å². The van der Waals surface area contributed by atoms with Crippen LogP contribution < -0.4 is 9.47 Å². The van der Waals surface area contributed by atoms with E-state index in [4.69, 9.17) is 14.5 Å². The Hall–Kier alpha value is -2.73. The van der Waals surface area contributed by atoms with Crippen LogP contribution in [0, 0.1) is 0 Å². The largest absolute Gasteiger partial charge is 0.493 e. The highest BCUT2D eigenvalue weighted by Gasteiger charge is 2.32. The summed E-state index contributed by atoms with van der Waals surface area (Å²) >= 11 is 1.41. The van der Waals surface area contributed by atoms with Crippen molar-refractivity contribution in [2.45, 2.75) is 19.8 Å². The van der Waals surface area contributed by atoms with E-state index < -0.39 is 0 Å². The summed E-state index contributed by atoms with van der Waals surface area (Å²) in [6, 6.07) is 15.3. The monoisotopic (exact) mass is 396 g/mol. The summed E-state index contributed by atoms with van der Waals surface area (Å²) in [6.07, 6.45) is 3.83. The van der Waals surface area contributed by atoms with Gasteiger partial charge in [0.1, 0.15) is 0 Å². The van der Waals surface area contributed by atoms with E-state index >= 15 is 0 Å². The molecule has 0 spiro atoms. The second-order valence-corrected chi connectivity index (χ2v) is 7.27. The molecule has 146 valence electrons. The first-order valence-electron chi connectivity index (χ1n) is 9.23. The molecule has 0 saturated carbocycles. The Morgan fingerprint density at radius 3 is 2.50 bits per heavy atom. The van der Waals surface area contributed by atoms with Gasteiger partial charge in [-0.2, -0.15) is 0 Å². The molecule has 3 rings (SSSR count). The van der Waals surface area contributed by atoms with Gasteiger partial charge in [0.2, 0.25) is 0 Å². The summed E-state index contributed by atoms with van der Waals surface area (Å²) in [4.78, 5) is 20.1. The Morgan fingerprint density at radius 2 is 1.82 bits per heavy atom. The zero-order valence-electron chi connectivity index (χ0n) is 16.3. The van der Waals surface area contributed by atoms with Crippen molar-refractivity contribution in [1.29, 1.82) is 0 Å². The topological polar surface area (TPSA) is 51.1 Å². The number of unbranched alkanes of at least 4 members (excludes halogenated alkanes) is 1. The van der Waals surface area contributed by atoms with Crippen LogP contribution in [-0.2, 0) is 4.79 Å². The third-order valence-electron chi connectivity index (χ3n) is 4.31. The van der Waals surface area contributed by atoms with E-state index in [0.717, 1.165) is 29.3 Å². The maximum atomic E-state index is 13.0. The molecule has 0 atom stereocenters. The lowest BCUT2D eigenvalue weighted by Crippen LogP contribution is -2.30. The van der Waals surface area contributed by atoms with Crippen molar-refractivity contribution < 1.29 is 14.3 Å². The van der Waals surface area contributed by atoms with Gasteiger partial charge in [0.05, 0.1) is 24.8 Å². The first kappa shape index (κ1) is 20.0. The smallest absolute Gasteiger partial charge is 0.266 e. The van der Waals surface area contributed by atoms with Crippen LogP contribution in [0.4, 0.5) is 5.69 Å². The molecule has 2 aromatic carbocycles. The first-order valence-corrected chi connectivity index (χ1v) is 10.0. The Morgan fingerprint density at radius 1 is 1.07 bits per heavy atom. The van der Waals surface area contributed by atoms with Crippen LogP contribution in [0.3, 0.4) is 0 Å². The average molecular weight is 397 g/mol. The van der Waals surface area contributed by atoms with E-state index in [1.807, 2.05) is 54.6 Å². The zero-order chi connectivity index (χ0) is 19.9. The molecular formula is C22H24N2O3S. The number of hydrogen-bond acceptors (Lipinski definition) is 5. The predicted octanol–water partition coefficient (Wildman–Crippen LogP) is 5.11. The SMILES string of the molecule is CCCCN1C(=O)/C(=C\c2ccc(OC)c(OC)c2)SC1=Nc1ccccc1. The van der Waals surface area contributed by atoms with E-state index in [2.05, 4.69) is 6.92 Å². The molecule has 2 aromatic rings. The molecule has 1 aliphatic rings. The van der Waals surface area contributed by atoms with Crippen LogP contribution in [0.15, 0.2) is 58.4 Å². The molecule has 0 bridgehead atoms. The van der Waals surface area contributed by atoms with Gasteiger partial charge in [-0.3, -0.25) is 9.69 Å². The van der Waals surface area contributed by atoms with E-state index in [9.17, 15) is 4.79 Å². The third kappa shape index (κ3) is 4.57. The van der Waals surface area contributed by atoms with Gasteiger partial charge in [-0.05, 0) is 54.1 Å². The average Bonchev–Trinajstić information content (AvgIpc) is 3.01. The third-order valence-corrected chi connectivity index (χ3v) is 5.32. The van der Waals surface area contributed by atoms with E-state index in [1.165, 1.54) is 11.8 Å². The quantitative estimate of drug-likeness (QED) is 0.611. The van der Waals surface area contributed by atoms with Crippen LogP contribution >= 0.6 is 11.8 Å². The molecule has 6 heteroatoms. The highest BCUT2D eigenvalue weighted by atomic mass is 32.2. The Kier molecular flexibility index (Phi) is 6.76. The molecule has 0 radical (unpaired) electrons. The van der Waals surface area contributed by atoms with Gasteiger partial charge < -0.3 is 9.47 Å². The molecule has 28 heavy (non-hydrogen) atoms. The number of carbonyl (C=O) groups excluding carboxylic acids is 1. The molecule has 1 saturated heterocycles. The van der Waals surface area contributed by atoms with Gasteiger partial charge in [-0.1, -0.05) is 37.6 Å². The number of hydrogen-bond donors (Lipinski definition) is 0. The first-order chi connectivity index (χ1) is 13.7. The predicted molar refractivity (Wildman–Crippen MR) is 115 cm³/mol. The van der Waals surface area contributed by atoms with Crippen LogP contribution in [0.2, 0.25) is 0 Å². The van der Waals surface area contributed by atoms with Crippen molar-refractivity contribution in [3.63, 3.8) is 0 Å². The van der Waals surface area contributed by atoms with Gasteiger partial charge in [0, 0.05) is 6.54 Å². The fraction of sp³-hybridized carbons (Fsp3) is 0.273. The standard InChI is InChI=1S/C22H24N2O3S/c1-4-5-13-24-21(25)20(28-22(24)23-17-9-7-6-8-10-17)15-16-11-12-18(26-2)19(14-16)27-3/h6-12,14-15H,4-5,13H2,1-3H3/b20-15+,23-22?. The van der Waals surface area contributed by atoms with Crippen LogP contribution in [-0.4, -0.2) is 36.7 Å². The number of carbonyl (C=O) groups is 1. The highest BCUT2D eigenvalue weighted by Crippen LogP contribution is 2.36. The second kappa shape index (κ2) is 9.46. The molecule has 0 N–H and O–H groups in total. The van der Waals surface area contributed by atoms with Crippen molar-refractivity contribution in [1.82, 2.24) is 4.90 Å². The molecule has 1 heterocycles. The number of benzene rings is 2. The fourth-order valence-corrected chi connectivity index (χ4v) is 3.84. The maximum Gasteiger partial charge on any atom is 0.266 e. The number of ether oxygens (including phenoxy) is 2. The van der Waals surface area contributed by atoms with Gasteiger partial charge in [0.25, 0.3) is 5.91 Å². The minimum atomic E-state index is -0.0112. The summed E-state index contributed by atoms with van der Waals surface area (Å²) in [5.41, 5.74) is 1.72. The summed E-state index contributed by atoms with van der Waals surface area (Å²) in [7, 11) is 3.20. The molecule has 5 nitrogen and oxygen atoms in total. The van der Waals surface area contributed by atoms with E-state index in [0.29, 0.717) is 22.9 Å². The minimum Gasteiger partial charge on any atom is -0.493 e. The molecule has 0 unspecified atom stereocenters. The van der Waals surface area contributed by atoms with Crippen LogP contribution in [0.5, 0.6) is 11.5 Å². The summed E-state index contributed by atoms with van der Waals surface area (Å²) in [5, 5.41) is 0.719. The number of thioether (sulfide) groups is 1. The lowest BCUT2D eigenvalue weighted by molar-refractivity contribution is -0.122. The van der Waals surface area contributed by atoms with E-state index in [-0.39, 0.29) is 5.91 Å². The Balaban J connectivity index is 1.93. The normalized spacial score (nSPS) is 16.8. The molecule has 1 fully saturated rings. The van der Waals surface area contributed by atoms with Gasteiger partial charge in [-0.25, -0.2) is 4.99 Å². The number of amidine groups is 1. The number of nitrogens with zero attached hydrogens (tertiary/aromatic N) is 2. The number of aliphatic imine (C=N–C) groups is 1. The highest BCUT2D eigenvalue weighted by molar-refractivity contribution is 8.18. The number of rotatable bonds is 7. The minimum absolute atomic E-state index is 0.0112. The van der Waals surface area contributed by atoms with Crippen molar-refractivity contribution >= 4 is 34.6 Å². The zero-order valence-corrected chi connectivity index (χ0v) is 17.2. The maximum absolute atomic E-state index is 13.0. The molecule has 0 aliphatic carbocycles. The summed E-state index contributed by atoms with van der Waals surface area (Å²) in [5.74, 6) is 1.28. The number of amides is 1. The fourth-order valence-electron chi connectivity index (χ4n) is 2.81. The lowest BCUT2D eigenvalue weighted by Gasteiger charge is -2.14. The van der Waals surface area contributed by atoms with Crippen molar-refractivity contribution in [2.24, 2.45) is 4.99 Å². The van der Waals surface area contributed by atoms with Gasteiger partial charge in [0.15, 0.2) is 16.7 Å². The van der Waals surface area contributed by atoms with E-state index in [1.54, 1.807) is 19.1 Å². The van der Waals surface area contributed by atoms with Crippen LogP contribution in [0.1, 0.15) is 25.3 Å². The summed E-state index contributed by atoms with van der Waals surface area (Å²) < 4.78 is 10.6. The van der Waals surface area contributed by atoms with Crippen LogP contribution in [0.25, 0.3) is 6.08 Å². The number of methoxy groups -OCH3 is 2. The van der Waals surface area contributed by atoms with Crippen molar-refractivity contribution in [2.75, 3.05) is 20.8 Å². The molecule has 1 aliphatic heterocycles. The Bertz CT molecular complexity index is 894. The second-order valence-electron chi connectivity index (χ2n) is 6.27. The Labute approximate surface area is 170 Å². The summed E-state index contributed by atoms with van der Waals surface area (Å²) in [6.45, 7) is 2.78. The lowest BCUT2D eigenvalue weighted by atomic mass is 10.2. The van der Waals surface area contributed by atoms with Gasteiger partial charge >= 0.3 is 0 Å². The van der Waals surface area contributed by atoms with Crippen molar-refractivity contribution in [3.8, 4) is 11.5 Å². The molecule has 0 aromatic heterocycles.